The molecule has 1 saturated carbocycles. The lowest BCUT2D eigenvalue weighted by Crippen LogP contribution is -2.30. The molecule has 1 heterocycles. The van der Waals surface area contributed by atoms with E-state index in [-0.39, 0.29) is 0 Å². The van der Waals surface area contributed by atoms with E-state index < -0.39 is 0 Å². The predicted octanol–water partition coefficient (Wildman–Crippen LogP) is 2.25. The molecule has 1 aromatic heterocycles. The van der Waals surface area contributed by atoms with E-state index in [1.54, 1.807) is 0 Å². The highest BCUT2D eigenvalue weighted by Crippen LogP contribution is 2.34. The van der Waals surface area contributed by atoms with Gasteiger partial charge in [-0.1, -0.05) is 12.1 Å². The Morgan fingerprint density at radius 1 is 1.50 bits per heavy atom. The van der Waals surface area contributed by atoms with Crippen LogP contribution in [0.2, 0.25) is 0 Å². The molecule has 0 saturated heterocycles. The van der Waals surface area contributed by atoms with Crippen LogP contribution in [0, 0.1) is 5.92 Å². The van der Waals surface area contributed by atoms with Gasteiger partial charge in [-0.25, -0.2) is 0 Å². The second kappa shape index (κ2) is 4.95. The van der Waals surface area contributed by atoms with Gasteiger partial charge in [-0.3, -0.25) is 4.90 Å². The number of nitrogens with zero attached hydrogens (tertiary/aromatic N) is 3. The van der Waals surface area contributed by atoms with Gasteiger partial charge in [0.05, 0.1) is 6.54 Å². The van der Waals surface area contributed by atoms with Gasteiger partial charge in [0.15, 0.2) is 5.82 Å². The van der Waals surface area contributed by atoms with Crippen LogP contribution in [0.5, 0.6) is 0 Å². The first kappa shape index (κ1) is 11.6. The van der Waals surface area contributed by atoms with Crippen LogP contribution in [0.25, 0.3) is 0 Å². The SMILES string of the molecule is CCCc1noc(CN(C)C(C)C2CC2)n1. The Hall–Kier alpha value is -0.900. The predicted molar refractivity (Wildman–Crippen MR) is 61.9 cm³/mol. The average Bonchev–Trinajstić information content (AvgIpc) is 3.02. The third kappa shape index (κ3) is 2.82. The molecule has 4 nitrogen and oxygen atoms in total. The van der Waals surface area contributed by atoms with Crippen molar-refractivity contribution in [3.63, 3.8) is 0 Å². The number of rotatable bonds is 6. The fraction of sp³-hybridized carbons (Fsp3) is 0.833. The summed E-state index contributed by atoms with van der Waals surface area (Å²) in [6.45, 7) is 5.17. The van der Waals surface area contributed by atoms with Gasteiger partial charge >= 0.3 is 0 Å². The Kier molecular flexibility index (Phi) is 3.59. The van der Waals surface area contributed by atoms with E-state index in [4.69, 9.17) is 4.52 Å². The van der Waals surface area contributed by atoms with Crippen molar-refractivity contribution < 1.29 is 4.52 Å². The maximum absolute atomic E-state index is 5.24. The average molecular weight is 223 g/mol. The minimum absolute atomic E-state index is 0.626. The van der Waals surface area contributed by atoms with Crippen LogP contribution in [-0.4, -0.2) is 28.1 Å². The van der Waals surface area contributed by atoms with Crippen molar-refractivity contribution in [3.05, 3.63) is 11.7 Å². The molecule has 0 radical (unpaired) electrons. The molecule has 1 aliphatic rings. The summed E-state index contributed by atoms with van der Waals surface area (Å²) in [5.74, 6) is 2.46. The van der Waals surface area contributed by atoms with E-state index in [0.29, 0.717) is 6.04 Å². The van der Waals surface area contributed by atoms with E-state index >= 15 is 0 Å². The fourth-order valence-electron chi connectivity index (χ4n) is 1.98. The molecule has 4 heteroatoms. The molecule has 1 atom stereocenters. The molecule has 1 aromatic rings. The third-order valence-corrected chi connectivity index (χ3v) is 3.37. The molecule has 1 aliphatic carbocycles. The van der Waals surface area contributed by atoms with Gasteiger partial charge in [0.25, 0.3) is 0 Å². The summed E-state index contributed by atoms with van der Waals surface area (Å²) in [4.78, 5) is 6.69. The Labute approximate surface area is 97.0 Å². The summed E-state index contributed by atoms with van der Waals surface area (Å²) in [7, 11) is 2.13. The van der Waals surface area contributed by atoms with E-state index in [1.165, 1.54) is 12.8 Å². The van der Waals surface area contributed by atoms with E-state index in [2.05, 4.69) is 35.9 Å². The molecular formula is C12H21N3O. The van der Waals surface area contributed by atoms with Gasteiger partial charge in [-0.05, 0) is 39.2 Å². The van der Waals surface area contributed by atoms with Crippen molar-refractivity contribution in [1.29, 1.82) is 0 Å². The zero-order valence-corrected chi connectivity index (χ0v) is 10.4. The second-order valence-electron chi connectivity index (χ2n) is 4.85. The zero-order chi connectivity index (χ0) is 11.5. The monoisotopic (exact) mass is 223 g/mol. The molecule has 1 unspecified atom stereocenters. The van der Waals surface area contributed by atoms with E-state index in [9.17, 15) is 0 Å². The topological polar surface area (TPSA) is 42.2 Å². The first-order valence-electron chi connectivity index (χ1n) is 6.22. The summed E-state index contributed by atoms with van der Waals surface area (Å²) in [6.07, 6.45) is 4.71. The molecule has 1 fully saturated rings. The van der Waals surface area contributed by atoms with Gasteiger partial charge in [-0.15, -0.1) is 0 Å². The van der Waals surface area contributed by atoms with Crippen LogP contribution in [0.15, 0.2) is 4.52 Å². The number of aromatic nitrogens is 2. The minimum atomic E-state index is 0.626. The van der Waals surface area contributed by atoms with Gasteiger partial charge in [-0.2, -0.15) is 4.98 Å². The molecule has 0 aromatic carbocycles. The maximum atomic E-state index is 5.24. The van der Waals surface area contributed by atoms with E-state index in [0.717, 1.165) is 37.0 Å². The minimum Gasteiger partial charge on any atom is -0.338 e. The van der Waals surface area contributed by atoms with Crippen LogP contribution >= 0.6 is 0 Å². The van der Waals surface area contributed by atoms with Gasteiger partial charge in [0.2, 0.25) is 5.89 Å². The quantitative estimate of drug-likeness (QED) is 0.742. The first-order chi connectivity index (χ1) is 7.70. The molecule has 90 valence electrons. The van der Waals surface area contributed by atoms with Crippen molar-refractivity contribution in [1.82, 2.24) is 15.0 Å². The number of hydrogen-bond donors (Lipinski definition) is 0. The van der Waals surface area contributed by atoms with Gasteiger partial charge in [0.1, 0.15) is 0 Å². The smallest absolute Gasteiger partial charge is 0.240 e. The van der Waals surface area contributed by atoms with Crippen LogP contribution in [0.4, 0.5) is 0 Å². The number of hydrogen-bond acceptors (Lipinski definition) is 4. The van der Waals surface area contributed by atoms with Crippen molar-refractivity contribution in [3.8, 4) is 0 Å². The highest BCUT2D eigenvalue weighted by atomic mass is 16.5. The Morgan fingerprint density at radius 3 is 2.88 bits per heavy atom. The van der Waals surface area contributed by atoms with Crippen molar-refractivity contribution in [2.24, 2.45) is 5.92 Å². The molecule has 16 heavy (non-hydrogen) atoms. The molecule has 0 aliphatic heterocycles. The lowest BCUT2D eigenvalue weighted by Gasteiger charge is -2.22. The highest BCUT2D eigenvalue weighted by molar-refractivity contribution is 4.89. The molecule has 2 rings (SSSR count). The zero-order valence-electron chi connectivity index (χ0n) is 10.4. The molecule has 0 amide bonds. The fourth-order valence-corrected chi connectivity index (χ4v) is 1.98. The Bertz CT molecular complexity index is 333. The standard InChI is InChI=1S/C12H21N3O/c1-4-5-11-13-12(16-14-11)8-15(3)9(2)10-6-7-10/h9-10H,4-8H2,1-3H3. The summed E-state index contributed by atoms with van der Waals surface area (Å²) >= 11 is 0. The molecular weight excluding hydrogens is 202 g/mol. The molecule has 0 spiro atoms. The first-order valence-corrected chi connectivity index (χ1v) is 6.22. The summed E-state index contributed by atoms with van der Waals surface area (Å²) < 4.78 is 5.24. The summed E-state index contributed by atoms with van der Waals surface area (Å²) in [5, 5.41) is 3.97. The van der Waals surface area contributed by atoms with E-state index in [1.807, 2.05) is 0 Å². The highest BCUT2D eigenvalue weighted by Gasteiger charge is 2.30. The van der Waals surface area contributed by atoms with Crippen LogP contribution < -0.4 is 0 Å². The molecule has 0 N–H and O–H groups in total. The third-order valence-electron chi connectivity index (χ3n) is 3.37. The van der Waals surface area contributed by atoms with Crippen LogP contribution in [0.1, 0.15) is 44.8 Å². The summed E-state index contributed by atoms with van der Waals surface area (Å²) in [6, 6.07) is 0.626. The van der Waals surface area contributed by atoms with Crippen molar-refractivity contribution >= 4 is 0 Å². The normalized spacial score (nSPS) is 18.0. The Morgan fingerprint density at radius 2 is 2.25 bits per heavy atom. The van der Waals surface area contributed by atoms with Gasteiger partial charge in [0, 0.05) is 12.5 Å². The second-order valence-corrected chi connectivity index (χ2v) is 4.85. The lowest BCUT2D eigenvalue weighted by atomic mass is 10.2. The number of aryl methyl sites for hydroxylation is 1. The lowest BCUT2D eigenvalue weighted by molar-refractivity contribution is 0.197. The van der Waals surface area contributed by atoms with Crippen LogP contribution in [0.3, 0.4) is 0 Å². The van der Waals surface area contributed by atoms with Gasteiger partial charge < -0.3 is 4.52 Å². The van der Waals surface area contributed by atoms with Crippen molar-refractivity contribution in [2.45, 2.75) is 52.1 Å². The largest absolute Gasteiger partial charge is 0.338 e. The summed E-state index contributed by atoms with van der Waals surface area (Å²) in [5.41, 5.74) is 0. The Balaban J connectivity index is 1.86. The molecule has 0 bridgehead atoms. The van der Waals surface area contributed by atoms with Crippen LogP contribution in [-0.2, 0) is 13.0 Å². The van der Waals surface area contributed by atoms with Crippen molar-refractivity contribution in [2.75, 3.05) is 7.05 Å². The maximum Gasteiger partial charge on any atom is 0.240 e.